The van der Waals surface area contributed by atoms with Crippen LogP contribution in [0.15, 0.2) is 12.1 Å². The monoisotopic (exact) mass is 230 g/mol. The van der Waals surface area contributed by atoms with E-state index in [4.69, 9.17) is 11.6 Å². The third-order valence-corrected chi connectivity index (χ3v) is 4.03. The molecule has 1 aromatic heterocycles. The van der Waals surface area contributed by atoms with Crippen LogP contribution in [-0.4, -0.2) is 0 Å². The Morgan fingerprint density at radius 1 is 1.29 bits per heavy atom. The van der Waals surface area contributed by atoms with Crippen LogP contribution in [0.3, 0.4) is 0 Å². The van der Waals surface area contributed by atoms with Gasteiger partial charge in [0.2, 0.25) is 0 Å². The highest BCUT2D eigenvalue weighted by Crippen LogP contribution is 2.30. The molecule has 0 radical (unpaired) electrons. The maximum absolute atomic E-state index is 5.91. The Morgan fingerprint density at radius 3 is 2.64 bits per heavy atom. The highest BCUT2D eigenvalue weighted by Gasteiger charge is 2.07. The van der Waals surface area contributed by atoms with Gasteiger partial charge in [-0.3, -0.25) is 0 Å². The summed E-state index contributed by atoms with van der Waals surface area (Å²) in [6.45, 7) is 4.55. The van der Waals surface area contributed by atoms with Crippen LogP contribution >= 0.6 is 22.9 Å². The van der Waals surface area contributed by atoms with Gasteiger partial charge in [-0.05, 0) is 24.5 Å². The van der Waals surface area contributed by atoms with Crippen LogP contribution in [0.2, 0.25) is 4.34 Å². The zero-order chi connectivity index (χ0) is 10.4. The van der Waals surface area contributed by atoms with Gasteiger partial charge < -0.3 is 0 Å². The number of hydrogen-bond acceptors (Lipinski definition) is 1. The first-order chi connectivity index (χ1) is 6.74. The number of unbranched alkanes of at least 4 members (excludes halogenated alkanes) is 3. The Bertz CT molecular complexity index is 255. The summed E-state index contributed by atoms with van der Waals surface area (Å²) in [4.78, 5) is 1.44. The van der Waals surface area contributed by atoms with E-state index >= 15 is 0 Å². The standard InChI is InChI=1S/C12H19ClS/c1-3-4-5-6-7-10(2)11-8-9-12(13)14-11/h8-10H,3-7H2,1-2H3. The molecule has 1 rings (SSSR count). The summed E-state index contributed by atoms with van der Waals surface area (Å²) in [6.07, 6.45) is 6.72. The number of rotatable bonds is 6. The molecular formula is C12H19ClS. The number of hydrogen-bond donors (Lipinski definition) is 0. The summed E-state index contributed by atoms with van der Waals surface area (Å²) >= 11 is 7.63. The van der Waals surface area contributed by atoms with Gasteiger partial charge in [0, 0.05) is 4.88 Å². The first-order valence-corrected chi connectivity index (χ1v) is 6.68. The molecule has 0 fully saturated rings. The van der Waals surface area contributed by atoms with E-state index in [0.717, 1.165) is 4.34 Å². The zero-order valence-electron chi connectivity index (χ0n) is 9.05. The maximum atomic E-state index is 5.91. The number of halogens is 1. The van der Waals surface area contributed by atoms with E-state index in [9.17, 15) is 0 Å². The molecule has 1 atom stereocenters. The van der Waals surface area contributed by atoms with Crippen molar-refractivity contribution in [2.45, 2.75) is 51.9 Å². The van der Waals surface area contributed by atoms with Gasteiger partial charge in [-0.2, -0.15) is 0 Å². The van der Waals surface area contributed by atoms with Crippen LogP contribution in [0.25, 0.3) is 0 Å². The fourth-order valence-corrected chi connectivity index (χ4v) is 2.76. The topological polar surface area (TPSA) is 0 Å². The van der Waals surface area contributed by atoms with E-state index in [-0.39, 0.29) is 0 Å². The molecule has 0 spiro atoms. The second-order valence-electron chi connectivity index (χ2n) is 3.89. The fraction of sp³-hybridized carbons (Fsp3) is 0.667. The Hall–Kier alpha value is -0.0100. The average Bonchev–Trinajstić information content (AvgIpc) is 2.59. The van der Waals surface area contributed by atoms with Gasteiger partial charge in [0.15, 0.2) is 0 Å². The van der Waals surface area contributed by atoms with E-state index in [2.05, 4.69) is 19.9 Å². The van der Waals surface area contributed by atoms with Gasteiger partial charge in [-0.1, -0.05) is 51.1 Å². The van der Waals surface area contributed by atoms with Gasteiger partial charge >= 0.3 is 0 Å². The maximum Gasteiger partial charge on any atom is 0.0931 e. The molecule has 80 valence electrons. The van der Waals surface area contributed by atoms with E-state index in [1.165, 1.54) is 37.0 Å². The number of thiophene rings is 1. The van der Waals surface area contributed by atoms with Crippen LogP contribution in [-0.2, 0) is 0 Å². The minimum atomic E-state index is 0.685. The Morgan fingerprint density at radius 2 is 2.07 bits per heavy atom. The minimum Gasteiger partial charge on any atom is -0.128 e. The van der Waals surface area contributed by atoms with Crippen LogP contribution in [0.4, 0.5) is 0 Å². The molecular weight excluding hydrogens is 212 g/mol. The van der Waals surface area contributed by atoms with Crippen molar-refractivity contribution in [3.05, 3.63) is 21.3 Å². The highest BCUT2D eigenvalue weighted by atomic mass is 35.5. The van der Waals surface area contributed by atoms with E-state index in [0.29, 0.717) is 5.92 Å². The van der Waals surface area contributed by atoms with Crippen molar-refractivity contribution in [3.63, 3.8) is 0 Å². The van der Waals surface area contributed by atoms with Crippen molar-refractivity contribution in [3.8, 4) is 0 Å². The van der Waals surface area contributed by atoms with Gasteiger partial charge in [-0.15, -0.1) is 11.3 Å². The van der Waals surface area contributed by atoms with Crippen molar-refractivity contribution >= 4 is 22.9 Å². The van der Waals surface area contributed by atoms with Gasteiger partial charge in [0.25, 0.3) is 0 Å². The lowest BCUT2D eigenvalue weighted by Crippen LogP contribution is -1.89. The molecule has 0 N–H and O–H groups in total. The molecule has 1 aromatic rings. The SMILES string of the molecule is CCCCCCC(C)c1ccc(Cl)s1. The molecule has 0 aromatic carbocycles. The summed E-state index contributed by atoms with van der Waals surface area (Å²) in [5.74, 6) is 0.685. The molecule has 0 nitrogen and oxygen atoms in total. The second-order valence-corrected chi connectivity index (χ2v) is 5.64. The van der Waals surface area contributed by atoms with Gasteiger partial charge in [0.1, 0.15) is 0 Å². The van der Waals surface area contributed by atoms with E-state index in [1.807, 2.05) is 6.07 Å². The molecule has 1 heterocycles. The Labute approximate surface area is 96.3 Å². The second kappa shape index (κ2) is 6.47. The molecule has 0 saturated carbocycles. The van der Waals surface area contributed by atoms with E-state index < -0.39 is 0 Å². The third-order valence-electron chi connectivity index (χ3n) is 2.57. The average molecular weight is 231 g/mol. The van der Waals surface area contributed by atoms with Crippen LogP contribution in [0, 0.1) is 0 Å². The molecule has 2 heteroatoms. The normalized spacial score (nSPS) is 13.1. The molecule has 0 aliphatic rings. The molecule has 14 heavy (non-hydrogen) atoms. The lowest BCUT2D eigenvalue weighted by Gasteiger charge is -2.08. The molecule has 0 aliphatic carbocycles. The predicted octanol–water partition coefficient (Wildman–Crippen LogP) is 5.48. The zero-order valence-corrected chi connectivity index (χ0v) is 10.6. The predicted molar refractivity (Wildman–Crippen MR) is 66.5 cm³/mol. The van der Waals surface area contributed by atoms with Crippen molar-refractivity contribution in [2.75, 3.05) is 0 Å². The smallest absolute Gasteiger partial charge is 0.0931 e. The Balaban J connectivity index is 2.25. The largest absolute Gasteiger partial charge is 0.128 e. The molecule has 1 unspecified atom stereocenters. The van der Waals surface area contributed by atoms with E-state index in [1.54, 1.807) is 11.3 Å². The summed E-state index contributed by atoms with van der Waals surface area (Å²) in [7, 11) is 0. The Kier molecular flexibility index (Phi) is 5.57. The van der Waals surface area contributed by atoms with Gasteiger partial charge in [0.05, 0.1) is 4.34 Å². The van der Waals surface area contributed by atoms with Crippen LogP contribution in [0.1, 0.15) is 56.7 Å². The minimum absolute atomic E-state index is 0.685. The quantitative estimate of drug-likeness (QED) is 0.568. The van der Waals surface area contributed by atoms with Gasteiger partial charge in [-0.25, -0.2) is 0 Å². The molecule has 0 bridgehead atoms. The molecule has 0 aliphatic heterocycles. The van der Waals surface area contributed by atoms with Crippen molar-refractivity contribution in [1.29, 1.82) is 0 Å². The van der Waals surface area contributed by atoms with Crippen molar-refractivity contribution < 1.29 is 0 Å². The summed E-state index contributed by atoms with van der Waals surface area (Å²) in [5, 5.41) is 0. The van der Waals surface area contributed by atoms with Crippen molar-refractivity contribution in [1.82, 2.24) is 0 Å². The van der Waals surface area contributed by atoms with Crippen LogP contribution in [0.5, 0.6) is 0 Å². The summed E-state index contributed by atoms with van der Waals surface area (Å²) in [5.41, 5.74) is 0. The first kappa shape index (κ1) is 12.1. The molecule has 0 saturated heterocycles. The summed E-state index contributed by atoms with van der Waals surface area (Å²) in [6, 6.07) is 4.17. The van der Waals surface area contributed by atoms with Crippen molar-refractivity contribution in [2.24, 2.45) is 0 Å². The lowest BCUT2D eigenvalue weighted by molar-refractivity contribution is 0.584. The molecule has 0 amide bonds. The highest BCUT2D eigenvalue weighted by molar-refractivity contribution is 7.16. The fourth-order valence-electron chi connectivity index (χ4n) is 1.61. The first-order valence-electron chi connectivity index (χ1n) is 5.49. The third kappa shape index (κ3) is 4.02. The lowest BCUT2D eigenvalue weighted by atomic mass is 10.0. The van der Waals surface area contributed by atoms with Crippen LogP contribution < -0.4 is 0 Å². The summed E-state index contributed by atoms with van der Waals surface area (Å²) < 4.78 is 0.917.